The van der Waals surface area contributed by atoms with E-state index in [4.69, 9.17) is 0 Å². The molecule has 0 spiro atoms. The molecule has 0 radical (unpaired) electrons. The van der Waals surface area contributed by atoms with Gasteiger partial charge in [-0.1, -0.05) is 0 Å². The molecule has 2 N–H and O–H groups in total. The fourth-order valence-corrected chi connectivity index (χ4v) is 2.96. The number of nitrogens with zero attached hydrogens (tertiary/aromatic N) is 3. The van der Waals surface area contributed by atoms with Crippen molar-refractivity contribution < 1.29 is 0 Å². The first-order chi connectivity index (χ1) is 8.74. The molecule has 0 atom stereocenters. The Balaban J connectivity index is 1.83. The van der Waals surface area contributed by atoms with Crippen molar-refractivity contribution in [3.8, 4) is 0 Å². The normalized spacial score (nSPS) is 10.9. The predicted octanol–water partition coefficient (Wildman–Crippen LogP) is 1.85. The molecule has 3 aromatic heterocycles. The molecule has 3 aromatic rings. The Labute approximate surface area is 114 Å². The molecule has 6 nitrogen and oxygen atoms in total. The SMILES string of the molecule is O=c1[nH]nc2cc(NCc3sccc3Br)ncn12. The van der Waals surface area contributed by atoms with E-state index in [0.717, 1.165) is 4.47 Å². The number of halogens is 1. The second-order valence-corrected chi connectivity index (χ2v) is 5.43. The lowest BCUT2D eigenvalue weighted by molar-refractivity contribution is 0.992. The van der Waals surface area contributed by atoms with Crippen molar-refractivity contribution in [2.45, 2.75) is 6.54 Å². The van der Waals surface area contributed by atoms with Crippen LogP contribution in [0, 0.1) is 0 Å². The molecule has 0 saturated carbocycles. The summed E-state index contributed by atoms with van der Waals surface area (Å²) in [6.07, 6.45) is 1.45. The highest BCUT2D eigenvalue weighted by molar-refractivity contribution is 9.10. The number of aromatic amines is 1. The van der Waals surface area contributed by atoms with Crippen LogP contribution in [0.1, 0.15) is 4.88 Å². The topological polar surface area (TPSA) is 75.1 Å². The third-order valence-corrected chi connectivity index (χ3v) is 4.36. The van der Waals surface area contributed by atoms with Crippen LogP contribution in [-0.4, -0.2) is 19.6 Å². The number of aromatic nitrogens is 4. The highest BCUT2D eigenvalue weighted by Crippen LogP contribution is 2.23. The van der Waals surface area contributed by atoms with Crippen LogP contribution < -0.4 is 11.0 Å². The van der Waals surface area contributed by atoms with E-state index >= 15 is 0 Å². The van der Waals surface area contributed by atoms with Gasteiger partial charge in [-0.3, -0.25) is 0 Å². The lowest BCUT2D eigenvalue weighted by Crippen LogP contribution is -2.10. The molecule has 0 saturated heterocycles. The lowest BCUT2D eigenvalue weighted by atomic mass is 10.4. The number of rotatable bonds is 3. The van der Waals surface area contributed by atoms with Gasteiger partial charge in [0.05, 0.1) is 6.54 Å². The van der Waals surface area contributed by atoms with Gasteiger partial charge in [-0.25, -0.2) is 19.3 Å². The van der Waals surface area contributed by atoms with Gasteiger partial charge in [0.25, 0.3) is 0 Å². The van der Waals surface area contributed by atoms with Crippen LogP contribution in [0.2, 0.25) is 0 Å². The summed E-state index contributed by atoms with van der Waals surface area (Å²) in [5.41, 5.74) is 0.257. The smallest absolute Gasteiger partial charge is 0.348 e. The molecule has 0 aliphatic carbocycles. The summed E-state index contributed by atoms with van der Waals surface area (Å²) in [5.74, 6) is 0.682. The first-order valence-electron chi connectivity index (χ1n) is 5.12. The second-order valence-electron chi connectivity index (χ2n) is 3.58. The number of hydrogen-bond acceptors (Lipinski definition) is 5. The van der Waals surface area contributed by atoms with Crippen LogP contribution in [0.15, 0.2) is 33.1 Å². The van der Waals surface area contributed by atoms with E-state index in [2.05, 4.69) is 36.4 Å². The third kappa shape index (κ3) is 2.04. The van der Waals surface area contributed by atoms with Crippen LogP contribution in [-0.2, 0) is 6.54 Å². The molecule has 0 amide bonds. The number of hydrogen-bond donors (Lipinski definition) is 2. The van der Waals surface area contributed by atoms with E-state index in [1.807, 2.05) is 11.4 Å². The van der Waals surface area contributed by atoms with E-state index < -0.39 is 0 Å². The van der Waals surface area contributed by atoms with Crippen molar-refractivity contribution in [2.24, 2.45) is 0 Å². The first kappa shape index (κ1) is 11.4. The molecule has 92 valence electrons. The minimum atomic E-state index is -0.287. The summed E-state index contributed by atoms with van der Waals surface area (Å²) >= 11 is 5.13. The summed E-state index contributed by atoms with van der Waals surface area (Å²) in [6.45, 7) is 0.677. The van der Waals surface area contributed by atoms with Gasteiger partial charge >= 0.3 is 5.69 Å². The highest BCUT2D eigenvalue weighted by Gasteiger charge is 2.04. The third-order valence-electron chi connectivity index (χ3n) is 2.43. The Morgan fingerprint density at radius 2 is 2.44 bits per heavy atom. The van der Waals surface area contributed by atoms with Crippen LogP contribution >= 0.6 is 27.3 Å². The van der Waals surface area contributed by atoms with Crippen LogP contribution in [0.25, 0.3) is 5.65 Å². The minimum absolute atomic E-state index is 0.287. The monoisotopic (exact) mass is 325 g/mol. The Hall–Kier alpha value is -1.67. The van der Waals surface area contributed by atoms with E-state index in [0.29, 0.717) is 18.0 Å². The van der Waals surface area contributed by atoms with Gasteiger partial charge in [-0.15, -0.1) is 11.3 Å². The fourth-order valence-electron chi connectivity index (χ4n) is 1.53. The predicted molar refractivity (Wildman–Crippen MR) is 73.0 cm³/mol. The summed E-state index contributed by atoms with van der Waals surface area (Å²) in [6, 6.07) is 3.73. The zero-order valence-electron chi connectivity index (χ0n) is 9.05. The van der Waals surface area contributed by atoms with Gasteiger partial charge in [0.1, 0.15) is 12.1 Å². The molecule has 0 aliphatic heterocycles. The Morgan fingerprint density at radius 1 is 1.56 bits per heavy atom. The molecule has 8 heteroatoms. The molecular formula is C10H8BrN5OS. The van der Waals surface area contributed by atoms with E-state index in [9.17, 15) is 4.79 Å². The standard InChI is InChI=1S/C10H8BrN5OS/c11-6-1-2-18-7(6)4-12-8-3-9-14-15-10(17)16(9)5-13-8/h1-3,5,12H,4H2,(H,15,17). The Bertz CT molecular complexity index is 746. The van der Waals surface area contributed by atoms with Gasteiger partial charge < -0.3 is 5.32 Å². The first-order valence-corrected chi connectivity index (χ1v) is 6.80. The molecule has 0 unspecified atom stereocenters. The van der Waals surface area contributed by atoms with Crippen molar-refractivity contribution >= 4 is 38.7 Å². The van der Waals surface area contributed by atoms with Gasteiger partial charge in [0, 0.05) is 15.4 Å². The maximum Gasteiger partial charge on any atom is 0.348 e. The lowest BCUT2D eigenvalue weighted by Gasteiger charge is -2.04. The Kier molecular flexibility index (Phi) is 2.88. The number of H-pyrrole nitrogens is 1. The van der Waals surface area contributed by atoms with Gasteiger partial charge in [0.2, 0.25) is 0 Å². The van der Waals surface area contributed by atoms with E-state index in [-0.39, 0.29) is 5.69 Å². The van der Waals surface area contributed by atoms with Gasteiger partial charge in [-0.05, 0) is 27.4 Å². The highest BCUT2D eigenvalue weighted by atomic mass is 79.9. The molecule has 0 aliphatic rings. The average Bonchev–Trinajstić information content (AvgIpc) is 2.94. The van der Waals surface area contributed by atoms with Crippen LogP contribution in [0.3, 0.4) is 0 Å². The molecule has 0 fully saturated rings. The molecule has 3 heterocycles. The second kappa shape index (κ2) is 4.54. The van der Waals surface area contributed by atoms with Crippen molar-refractivity contribution in [3.05, 3.63) is 43.7 Å². The zero-order chi connectivity index (χ0) is 12.5. The molecule has 3 rings (SSSR count). The minimum Gasteiger partial charge on any atom is -0.365 e. The summed E-state index contributed by atoms with van der Waals surface area (Å²) in [5, 5.41) is 11.5. The van der Waals surface area contributed by atoms with Crippen molar-refractivity contribution in [2.75, 3.05) is 5.32 Å². The summed E-state index contributed by atoms with van der Waals surface area (Å²) < 4.78 is 2.43. The quantitative estimate of drug-likeness (QED) is 0.770. The molecule has 18 heavy (non-hydrogen) atoms. The zero-order valence-corrected chi connectivity index (χ0v) is 11.5. The molecule has 0 aromatic carbocycles. The van der Waals surface area contributed by atoms with Crippen molar-refractivity contribution in [1.82, 2.24) is 19.6 Å². The molecule has 0 bridgehead atoms. The van der Waals surface area contributed by atoms with E-state index in [1.54, 1.807) is 17.4 Å². The maximum atomic E-state index is 11.3. The van der Waals surface area contributed by atoms with Gasteiger partial charge in [0.15, 0.2) is 5.65 Å². The molecular weight excluding hydrogens is 318 g/mol. The largest absolute Gasteiger partial charge is 0.365 e. The fraction of sp³-hybridized carbons (Fsp3) is 0.100. The van der Waals surface area contributed by atoms with E-state index in [1.165, 1.54) is 15.6 Å². The van der Waals surface area contributed by atoms with Crippen LogP contribution in [0.4, 0.5) is 5.82 Å². The average molecular weight is 326 g/mol. The summed E-state index contributed by atoms with van der Waals surface area (Å²) in [4.78, 5) is 16.6. The van der Waals surface area contributed by atoms with Crippen molar-refractivity contribution in [1.29, 1.82) is 0 Å². The maximum absolute atomic E-state index is 11.3. The van der Waals surface area contributed by atoms with Crippen molar-refractivity contribution in [3.63, 3.8) is 0 Å². The number of fused-ring (bicyclic) bond motifs is 1. The summed E-state index contributed by atoms with van der Waals surface area (Å²) in [7, 11) is 0. The number of anilines is 1. The number of nitrogens with one attached hydrogen (secondary N) is 2. The van der Waals surface area contributed by atoms with Crippen LogP contribution in [0.5, 0.6) is 0 Å². The Morgan fingerprint density at radius 3 is 3.22 bits per heavy atom. The number of thiophene rings is 1. The van der Waals surface area contributed by atoms with Gasteiger partial charge in [-0.2, -0.15) is 5.10 Å².